The number of phenols is 1. The van der Waals surface area contributed by atoms with Crippen molar-refractivity contribution in [1.82, 2.24) is 0 Å². The number of amides is 1. The van der Waals surface area contributed by atoms with Crippen LogP contribution in [0.1, 0.15) is 12.5 Å². The first-order valence-electron chi connectivity index (χ1n) is 8.24. The third kappa shape index (κ3) is 3.98. The van der Waals surface area contributed by atoms with Crippen molar-refractivity contribution < 1.29 is 27.5 Å². The molecule has 2 N–H and O–H groups in total. The van der Waals surface area contributed by atoms with E-state index in [1.165, 1.54) is 43.3 Å². The summed E-state index contributed by atoms with van der Waals surface area (Å²) in [7, 11) is 0. The monoisotopic (exact) mass is 389 g/mol. The van der Waals surface area contributed by atoms with Gasteiger partial charge in [0.25, 0.3) is 0 Å². The van der Waals surface area contributed by atoms with Crippen molar-refractivity contribution in [2.24, 2.45) is 0 Å². The Morgan fingerprint density at radius 1 is 0.929 bits per heavy atom. The molecule has 0 unspecified atom stereocenters. The largest absolute Gasteiger partial charge is 0.507 e. The molecule has 28 heavy (non-hydrogen) atoms. The molecular formula is C21H15F4NO2. The fourth-order valence-electron chi connectivity index (χ4n) is 2.85. The Bertz CT molecular complexity index is 1040. The number of phenolic OH excluding ortho intramolecular Hbond substituents is 1. The molecule has 0 heterocycles. The van der Waals surface area contributed by atoms with Crippen LogP contribution in [0.3, 0.4) is 0 Å². The molecule has 0 aliphatic carbocycles. The van der Waals surface area contributed by atoms with Crippen molar-refractivity contribution in [2.75, 3.05) is 5.32 Å². The van der Waals surface area contributed by atoms with Crippen LogP contribution >= 0.6 is 0 Å². The van der Waals surface area contributed by atoms with E-state index in [9.17, 15) is 27.5 Å². The van der Waals surface area contributed by atoms with Crippen LogP contribution in [0.15, 0.2) is 60.7 Å². The highest BCUT2D eigenvalue weighted by atomic mass is 19.4. The molecule has 0 bridgehead atoms. The van der Waals surface area contributed by atoms with Gasteiger partial charge in [0.15, 0.2) is 0 Å². The van der Waals surface area contributed by atoms with Gasteiger partial charge in [-0.1, -0.05) is 36.4 Å². The first kappa shape index (κ1) is 19.4. The van der Waals surface area contributed by atoms with E-state index in [2.05, 4.69) is 5.32 Å². The first-order valence-corrected chi connectivity index (χ1v) is 8.24. The van der Waals surface area contributed by atoms with Crippen molar-refractivity contribution in [3.63, 3.8) is 0 Å². The average molecular weight is 389 g/mol. The van der Waals surface area contributed by atoms with Gasteiger partial charge in [0.1, 0.15) is 11.6 Å². The summed E-state index contributed by atoms with van der Waals surface area (Å²) < 4.78 is 53.1. The van der Waals surface area contributed by atoms with Crippen LogP contribution < -0.4 is 5.32 Å². The Morgan fingerprint density at radius 2 is 1.54 bits per heavy atom. The summed E-state index contributed by atoms with van der Waals surface area (Å²) in [6, 6.07) is 13.2. The van der Waals surface area contributed by atoms with Crippen molar-refractivity contribution in [3.8, 4) is 28.0 Å². The third-order valence-corrected chi connectivity index (χ3v) is 4.13. The summed E-state index contributed by atoms with van der Waals surface area (Å²) >= 11 is 0. The smallest absolute Gasteiger partial charge is 0.416 e. The van der Waals surface area contributed by atoms with Gasteiger partial charge in [-0.25, -0.2) is 4.39 Å². The molecule has 0 fully saturated rings. The average Bonchev–Trinajstić information content (AvgIpc) is 2.63. The second-order valence-electron chi connectivity index (χ2n) is 6.16. The normalized spacial score (nSPS) is 11.3. The van der Waals surface area contributed by atoms with Gasteiger partial charge in [-0.3, -0.25) is 4.79 Å². The quantitative estimate of drug-likeness (QED) is 0.553. The molecule has 0 radical (unpaired) electrons. The Hall–Kier alpha value is -3.35. The van der Waals surface area contributed by atoms with Crippen molar-refractivity contribution >= 4 is 11.6 Å². The summed E-state index contributed by atoms with van der Waals surface area (Å²) in [4.78, 5) is 11.1. The molecule has 0 saturated heterocycles. The fourth-order valence-corrected chi connectivity index (χ4v) is 2.85. The first-order chi connectivity index (χ1) is 13.2. The zero-order valence-electron chi connectivity index (χ0n) is 14.6. The molecule has 0 aliphatic rings. The number of alkyl halides is 3. The van der Waals surface area contributed by atoms with E-state index in [1.54, 1.807) is 6.07 Å². The second kappa shape index (κ2) is 7.34. The number of carbonyl (C=O) groups excluding carboxylic acids is 1. The number of carbonyl (C=O) groups is 1. The Kier molecular flexibility index (Phi) is 5.09. The zero-order valence-corrected chi connectivity index (χ0v) is 14.6. The molecule has 3 aromatic rings. The van der Waals surface area contributed by atoms with Gasteiger partial charge in [0.05, 0.1) is 11.3 Å². The molecule has 0 aromatic heterocycles. The van der Waals surface area contributed by atoms with E-state index < -0.39 is 23.5 Å². The van der Waals surface area contributed by atoms with Gasteiger partial charge in [-0.15, -0.1) is 0 Å². The lowest BCUT2D eigenvalue weighted by Gasteiger charge is -2.13. The summed E-state index contributed by atoms with van der Waals surface area (Å²) in [5.74, 6) is -1.40. The lowest BCUT2D eigenvalue weighted by Crippen LogP contribution is -2.07. The van der Waals surface area contributed by atoms with Crippen LogP contribution in [0.4, 0.5) is 23.2 Å². The van der Waals surface area contributed by atoms with Crippen LogP contribution in [-0.4, -0.2) is 11.0 Å². The van der Waals surface area contributed by atoms with Crippen molar-refractivity contribution in [2.45, 2.75) is 13.1 Å². The highest BCUT2D eigenvalue weighted by molar-refractivity contribution is 5.89. The molecular weight excluding hydrogens is 374 g/mol. The number of hydrogen-bond acceptors (Lipinski definition) is 2. The van der Waals surface area contributed by atoms with Gasteiger partial charge in [0.2, 0.25) is 5.91 Å². The van der Waals surface area contributed by atoms with Crippen molar-refractivity contribution in [1.29, 1.82) is 0 Å². The highest BCUT2D eigenvalue weighted by Crippen LogP contribution is 2.40. The van der Waals surface area contributed by atoms with Crippen molar-refractivity contribution in [3.05, 3.63) is 72.0 Å². The maximum Gasteiger partial charge on any atom is 0.416 e. The minimum absolute atomic E-state index is 0.00947. The lowest BCUT2D eigenvalue weighted by molar-refractivity contribution is -0.137. The summed E-state index contributed by atoms with van der Waals surface area (Å²) in [5.41, 5.74) is 0.103. The number of benzene rings is 3. The summed E-state index contributed by atoms with van der Waals surface area (Å²) in [6.07, 6.45) is -4.51. The van der Waals surface area contributed by atoms with E-state index in [0.717, 1.165) is 18.2 Å². The molecule has 3 nitrogen and oxygen atoms in total. The molecule has 7 heteroatoms. The van der Waals surface area contributed by atoms with Crippen LogP contribution in [-0.2, 0) is 11.0 Å². The van der Waals surface area contributed by atoms with E-state index in [-0.39, 0.29) is 28.1 Å². The van der Waals surface area contributed by atoms with Crippen LogP contribution in [0, 0.1) is 5.82 Å². The molecule has 3 rings (SSSR count). The van der Waals surface area contributed by atoms with Gasteiger partial charge >= 0.3 is 6.18 Å². The minimum atomic E-state index is -4.51. The summed E-state index contributed by atoms with van der Waals surface area (Å²) in [5, 5.41) is 13.0. The molecule has 0 aliphatic heterocycles. The van der Waals surface area contributed by atoms with E-state index in [1.807, 2.05) is 0 Å². The van der Waals surface area contributed by atoms with Crippen LogP contribution in [0.5, 0.6) is 5.75 Å². The zero-order chi connectivity index (χ0) is 20.5. The maximum atomic E-state index is 14.2. The predicted molar refractivity (Wildman–Crippen MR) is 98.2 cm³/mol. The number of para-hydroxylation sites is 1. The highest BCUT2D eigenvalue weighted by Gasteiger charge is 2.30. The molecule has 144 valence electrons. The predicted octanol–water partition coefficient (Wildman–Crippen LogP) is 5.84. The van der Waals surface area contributed by atoms with Gasteiger partial charge in [0, 0.05) is 18.1 Å². The number of halogens is 4. The summed E-state index contributed by atoms with van der Waals surface area (Å²) in [6.45, 7) is 1.25. The maximum absolute atomic E-state index is 14.2. The Labute approximate surface area is 158 Å². The van der Waals surface area contributed by atoms with Crippen LogP contribution in [0.25, 0.3) is 22.3 Å². The standard InChI is InChI=1S/C21H15F4NO2/c1-12(27)26-19-9-8-14(11-18(19)22)17-7-3-6-16(20(17)28)13-4-2-5-15(10-13)21(23,24)25/h2-11,28H,1H3,(H,26,27). The van der Waals surface area contributed by atoms with E-state index in [4.69, 9.17) is 0 Å². The minimum Gasteiger partial charge on any atom is -0.507 e. The fraction of sp³-hybridized carbons (Fsp3) is 0.0952. The molecule has 3 aromatic carbocycles. The topological polar surface area (TPSA) is 49.3 Å². The molecule has 0 saturated carbocycles. The Morgan fingerprint density at radius 3 is 2.11 bits per heavy atom. The number of rotatable bonds is 3. The number of aromatic hydroxyl groups is 1. The molecule has 1 amide bonds. The Balaban J connectivity index is 2.05. The number of nitrogens with one attached hydrogen (secondary N) is 1. The number of anilines is 1. The van der Waals surface area contributed by atoms with Gasteiger partial charge < -0.3 is 10.4 Å². The second-order valence-corrected chi connectivity index (χ2v) is 6.16. The molecule has 0 spiro atoms. The van der Waals surface area contributed by atoms with Crippen LogP contribution in [0.2, 0.25) is 0 Å². The van der Waals surface area contributed by atoms with Gasteiger partial charge in [-0.2, -0.15) is 13.2 Å². The number of hydrogen-bond donors (Lipinski definition) is 2. The van der Waals surface area contributed by atoms with E-state index >= 15 is 0 Å². The SMILES string of the molecule is CC(=O)Nc1ccc(-c2cccc(-c3cccc(C(F)(F)F)c3)c2O)cc1F. The van der Waals surface area contributed by atoms with Gasteiger partial charge in [-0.05, 0) is 35.4 Å². The molecule has 0 atom stereocenters. The third-order valence-electron chi connectivity index (χ3n) is 4.13. The van der Waals surface area contributed by atoms with E-state index in [0.29, 0.717) is 5.56 Å². The lowest BCUT2D eigenvalue weighted by atomic mass is 9.96.